The van der Waals surface area contributed by atoms with E-state index in [1.807, 2.05) is 4.90 Å². The Morgan fingerprint density at radius 3 is 2.92 bits per heavy atom. The van der Waals surface area contributed by atoms with Crippen molar-refractivity contribution in [1.29, 1.82) is 0 Å². The second-order valence-corrected chi connectivity index (χ2v) is 2.90. The van der Waals surface area contributed by atoms with Crippen LogP contribution in [0.3, 0.4) is 0 Å². The fourth-order valence-electron chi connectivity index (χ4n) is 1.31. The summed E-state index contributed by atoms with van der Waals surface area (Å²) in [7, 11) is 0. The summed E-state index contributed by atoms with van der Waals surface area (Å²) in [5, 5.41) is 0. The molecule has 2 heterocycles. The summed E-state index contributed by atoms with van der Waals surface area (Å²) in [5.41, 5.74) is 5.64. The van der Waals surface area contributed by atoms with Crippen LogP contribution in [0, 0.1) is 0 Å². The molecule has 0 aromatic carbocycles. The van der Waals surface area contributed by atoms with E-state index in [1.54, 1.807) is 18.5 Å². The standard InChI is InChI=1S/C8H12N4O/c9-7-6-12(4-5-13-7)8-10-2-1-3-11-8/h1-3,7H,4-6,9H2. The fraction of sp³-hybridized carbons (Fsp3) is 0.500. The largest absolute Gasteiger partial charge is 0.360 e. The van der Waals surface area contributed by atoms with E-state index in [-0.39, 0.29) is 6.23 Å². The van der Waals surface area contributed by atoms with E-state index in [4.69, 9.17) is 10.5 Å². The summed E-state index contributed by atoms with van der Waals surface area (Å²) in [6, 6.07) is 1.80. The van der Waals surface area contributed by atoms with Crippen molar-refractivity contribution in [2.24, 2.45) is 5.73 Å². The van der Waals surface area contributed by atoms with Crippen LogP contribution in [0.15, 0.2) is 18.5 Å². The molecule has 2 N–H and O–H groups in total. The molecule has 0 aliphatic carbocycles. The van der Waals surface area contributed by atoms with E-state index in [9.17, 15) is 0 Å². The van der Waals surface area contributed by atoms with Gasteiger partial charge in [-0.25, -0.2) is 9.97 Å². The van der Waals surface area contributed by atoms with Crippen LogP contribution in [0.25, 0.3) is 0 Å². The first-order chi connectivity index (χ1) is 6.36. The number of hydrogen-bond acceptors (Lipinski definition) is 5. The zero-order valence-electron chi connectivity index (χ0n) is 7.26. The minimum Gasteiger partial charge on any atom is -0.360 e. The van der Waals surface area contributed by atoms with Crippen LogP contribution in [0.2, 0.25) is 0 Å². The second kappa shape index (κ2) is 3.68. The molecule has 1 aromatic rings. The Bertz CT molecular complexity index is 266. The van der Waals surface area contributed by atoms with E-state index in [2.05, 4.69) is 9.97 Å². The van der Waals surface area contributed by atoms with Gasteiger partial charge in [-0.05, 0) is 6.07 Å². The molecular formula is C8H12N4O. The lowest BCUT2D eigenvalue weighted by molar-refractivity contribution is 0.0446. The SMILES string of the molecule is NC1CN(c2ncccn2)CCO1. The van der Waals surface area contributed by atoms with Crippen molar-refractivity contribution in [2.75, 3.05) is 24.6 Å². The number of nitrogens with two attached hydrogens (primary N) is 1. The summed E-state index contributed by atoms with van der Waals surface area (Å²) in [5.74, 6) is 0.723. The Labute approximate surface area is 76.5 Å². The Morgan fingerprint density at radius 1 is 1.46 bits per heavy atom. The highest BCUT2D eigenvalue weighted by Gasteiger charge is 2.18. The van der Waals surface area contributed by atoms with Crippen molar-refractivity contribution in [2.45, 2.75) is 6.23 Å². The third kappa shape index (κ3) is 1.93. The van der Waals surface area contributed by atoms with Crippen LogP contribution < -0.4 is 10.6 Å². The molecule has 1 aromatic heterocycles. The van der Waals surface area contributed by atoms with E-state index >= 15 is 0 Å². The zero-order chi connectivity index (χ0) is 9.10. The van der Waals surface area contributed by atoms with Gasteiger partial charge in [-0.2, -0.15) is 0 Å². The van der Waals surface area contributed by atoms with Crippen LogP contribution in [-0.4, -0.2) is 35.9 Å². The third-order valence-electron chi connectivity index (χ3n) is 1.93. The minimum absolute atomic E-state index is 0.224. The maximum absolute atomic E-state index is 5.64. The zero-order valence-corrected chi connectivity index (χ0v) is 7.26. The third-order valence-corrected chi connectivity index (χ3v) is 1.93. The smallest absolute Gasteiger partial charge is 0.225 e. The van der Waals surface area contributed by atoms with Crippen LogP contribution >= 0.6 is 0 Å². The molecule has 1 atom stereocenters. The summed E-state index contributed by atoms with van der Waals surface area (Å²) in [6.45, 7) is 2.10. The number of ether oxygens (including phenoxy) is 1. The highest BCUT2D eigenvalue weighted by Crippen LogP contribution is 2.08. The van der Waals surface area contributed by atoms with Gasteiger partial charge in [0.2, 0.25) is 5.95 Å². The average Bonchev–Trinajstić information content (AvgIpc) is 2.19. The van der Waals surface area contributed by atoms with Crippen molar-refractivity contribution in [3.8, 4) is 0 Å². The van der Waals surface area contributed by atoms with Crippen LogP contribution in [0.5, 0.6) is 0 Å². The van der Waals surface area contributed by atoms with Gasteiger partial charge < -0.3 is 15.4 Å². The fourth-order valence-corrected chi connectivity index (χ4v) is 1.31. The number of nitrogens with zero attached hydrogens (tertiary/aromatic N) is 3. The number of hydrogen-bond donors (Lipinski definition) is 1. The Morgan fingerprint density at radius 2 is 2.23 bits per heavy atom. The molecule has 70 valence electrons. The van der Waals surface area contributed by atoms with E-state index < -0.39 is 0 Å². The predicted molar refractivity (Wildman–Crippen MR) is 48.2 cm³/mol. The predicted octanol–water partition coefficient (Wildman–Crippen LogP) is -0.402. The Balaban J connectivity index is 2.08. The lowest BCUT2D eigenvalue weighted by Crippen LogP contribution is -2.47. The van der Waals surface area contributed by atoms with Crippen molar-refractivity contribution in [3.05, 3.63) is 18.5 Å². The molecule has 1 fully saturated rings. The van der Waals surface area contributed by atoms with Gasteiger partial charge in [-0.15, -0.1) is 0 Å². The molecular weight excluding hydrogens is 168 g/mol. The van der Waals surface area contributed by atoms with Gasteiger partial charge in [-0.1, -0.05) is 0 Å². The molecule has 0 spiro atoms. The van der Waals surface area contributed by atoms with Gasteiger partial charge in [-0.3, -0.25) is 0 Å². The van der Waals surface area contributed by atoms with Gasteiger partial charge in [0.1, 0.15) is 6.23 Å². The molecule has 5 heteroatoms. The van der Waals surface area contributed by atoms with Crippen molar-refractivity contribution < 1.29 is 4.74 Å². The van der Waals surface area contributed by atoms with Crippen molar-refractivity contribution >= 4 is 5.95 Å². The van der Waals surface area contributed by atoms with Crippen LogP contribution in [0.1, 0.15) is 0 Å². The molecule has 5 nitrogen and oxygen atoms in total. The number of rotatable bonds is 1. The highest BCUT2D eigenvalue weighted by molar-refractivity contribution is 5.28. The highest BCUT2D eigenvalue weighted by atomic mass is 16.5. The molecule has 0 bridgehead atoms. The second-order valence-electron chi connectivity index (χ2n) is 2.90. The van der Waals surface area contributed by atoms with Crippen molar-refractivity contribution in [3.63, 3.8) is 0 Å². The maximum atomic E-state index is 5.64. The molecule has 2 rings (SSSR count). The van der Waals surface area contributed by atoms with E-state index in [1.165, 1.54) is 0 Å². The topological polar surface area (TPSA) is 64.3 Å². The Kier molecular flexibility index (Phi) is 2.37. The number of anilines is 1. The van der Waals surface area contributed by atoms with Gasteiger partial charge in [0.25, 0.3) is 0 Å². The first-order valence-corrected chi connectivity index (χ1v) is 4.25. The van der Waals surface area contributed by atoms with Gasteiger partial charge in [0, 0.05) is 18.9 Å². The molecule has 1 aliphatic heterocycles. The molecule has 13 heavy (non-hydrogen) atoms. The number of morpholine rings is 1. The van der Waals surface area contributed by atoms with Crippen molar-refractivity contribution in [1.82, 2.24) is 9.97 Å². The molecule has 0 amide bonds. The minimum atomic E-state index is -0.224. The lowest BCUT2D eigenvalue weighted by atomic mass is 10.4. The quantitative estimate of drug-likeness (QED) is 0.637. The summed E-state index contributed by atoms with van der Waals surface area (Å²) in [6.07, 6.45) is 3.23. The molecule has 0 radical (unpaired) electrons. The van der Waals surface area contributed by atoms with Crippen LogP contribution in [0.4, 0.5) is 5.95 Å². The van der Waals surface area contributed by atoms with E-state index in [0.717, 1.165) is 12.5 Å². The van der Waals surface area contributed by atoms with Gasteiger partial charge in [0.15, 0.2) is 0 Å². The summed E-state index contributed by atoms with van der Waals surface area (Å²) >= 11 is 0. The monoisotopic (exact) mass is 180 g/mol. The maximum Gasteiger partial charge on any atom is 0.225 e. The molecule has 1 aliphatic rings. The molecule has 1 unspecified atom stereocenters. The average molecular weight is 180 g/mol. The first kappa shape index (κ1) is 8.40. The lowest BCUT2D eigenvalue weighted by Gasteiger charge is -2.30. The van der Waals surface area contributed by atoms with E-state index in [0.29, 0.717) is 13.2 Å². The van der Waals surface area contributed by atoms with Gasteiger partial charge in [0.05, 0.1) is 13.2 Å². The normalized spacial score (nSPS) is 23.2. The first-order valence-electron chi connectivity index (χ1n) is 4.25. The Hall–Kier alpha value is -1.20. The summed E-state index contributed by atoms with van der Waals surface area (Å²) in [4.78, 5) is 10.3. The number of aromatic nitrogens is 2. The van der Waals surface area contributed by atoms with Crippen LogP contribution in [-0.2, 0) is 4.74 Å². The molecule has 0 saturated carbocycles. The van der Waals surface area contributed by atoms with Gasteiger partial charge >= 0.3 is 0 Å². The summed E-state index contributed by atoms with van der Waals surface area (Å²) < 4.78 is 5.21. The molecule has 1 saturated heterocycles.